The highest BCUT2D eigenvalue weighted by Crippen LogP contribution is 2.37. The number of nitrogens with zero attached hydrogens (tertiary/aromatic N) is 8. The summed E-state index contributed by atoms with van der Waals surface area (Å²) < 4.78 is 49.4. The number of nitrogens with one attached hydrogen (secondary N) is 2. The van der Waals surface area contributed by atoms with Crippen molar-refractivity contribution in [2.45, 2.75) is 88.3 Å². The summed E-state index contributed by atoms with van der Waals surface area (Å²) in [6.07, 6.45) is 2.85. The molecule has 2 aromatic carbocycles. The number of likely N-dealkylation sites (tertiary alicyclic amines) is 1. The third-order valence-corrected chi connectivity index (χ3v) is 13.7. The number of carbonyl (C=O) groups is 2. The smallest absolute Gasteiger partial charge is 0.390 e. The lowest BCUT2D eigenvalue weighted by molar-refractivity contribution is -0.136. The molecular formula is C48H57F3N10O5. The predicted molar refractivity (Wildman–Crippen MR) is 244 cm³/mol. The van der Waals surface area contributed by atoms with Crippen LogP contribution in [0.3, 0.4) is 0 Å². The van der Waals surface area contributed by atoms with Gasteiger partial charge in [-0.2, -0.15) is 18.2 Å². The van der Waals surface area contributed by atoms with Gasteiger partial charge in [-0.1, -0.05) is 36.1 Å². The number of benzene rings is 2. The lowest BCUT2D eigenvalue weighted by atomic mass is 9.93. The van der Waals surface area contributed by atoms with Crippen LogP contribution in [0.5, 0.6) is 0 Å². The topological polar surface area (TPSA) is 155 Å². The van der Waals surface area contributed by atoms with E-state index in [9.17, 15) is 32.7 Å². The number of aryl methyl sites for hydroxylation is 1. The molecule has 0 bridgehead atoms. The van der Waals surface area contributed by atoms with Gasteiger partial charge in [0.25, 0.3) is 0 Å². The maximum Gasteiger partial charge on any atom is 0.390 e. The van der Waals surface area contributed by atoms with Gasteiger partial charge in [0.1, 0.15) is 18.3 Å². The third-order valence-electron chi connectivity index (χ3n) is 13.7. The Kier molecular flexibility index (Phi) is 13.6. The molecule has 0 radical (unpaired) electrons. The van der Waals surface area contributed by atoms with Crippen LogP contribution in [0.15, 0.2) is 59.7 Å². The molecule has 4 fully saturated rings. The SMILES string of the molecule is Cn1c(=O)n(C2CCC(=O)NC2=O)c2ccc(C#CCOCCN3CCC(N4CCN(Cc5ccc(-c6cn(C7CCC(O)CC7)c7nc(NCCC(F)(F)F)ncc67)cc5)CC4)C3)cc21. The summed E-state index contributed by atoms with van der Waals surface area (Å²) in [5.74, 6) is 5.62. The summed E-state index contributed by atoms with van der Waals surface area (Å²) in [6.45, 7) is 8.39. The molecule has 2 unspecified atom stereocenters. The molecule has 2 amide bonds. The largest absolute Gasteiger partial charge is 0.393 e. The molecule has 15 nitrogen and oxygen atoms in total. The standard InChI is InChI=1S/C48H57F3N10O5/c1-56-42-27-32(6-13-40(42)61(47(56)65)41-14-15-43(63)54-45(41)64)3-2-25-66-26-24-57-19-16-36(30-57)59-22-20-58(21-23-59)29-33-4-7-34(8-5-33)39-31-60(35-9-11-37(62)12-10-35)44-38(39)28-53-46(55-44)52-18-17-48(49,50)51/h4-8,13,27-28,31,35-37,41,62H,9-12,14-26,29-30H2,1H3,(H,52,53,55)(H,54,63,64). The van der Waals surface area contributed by atoms with Crippen LogP contribution in [0.1, 0.15) is 74.6 Å². The molecule has 3 saturated heterocycles. The normalized spacial score (nSPS) is 22.5. The Bertz CT molecular complexity index is 2670. The molecule has 18 heteroatoms. The maximum absolute atomic E-state index is 13.1. The number of anilines is 1. The van der Waals surface area contributed by atoms with Crippen molar-refractivity contribution in [3.8, 4) is 23.0 Å². The first kappa shape index (κ1) is 45.6. The van der Waals surface area contributed by atoms with E-state index in [2.05, 4.69) is 77.2 Å². The van der Waals surface area contributed by atoms with Crippen LogP contribution in [0.4, 0.5) is 19.1 Å². The molecule has 4 aliphatic rings. The van der Waals surface area contributed by atoms with E-state index < -0.39 is 24.5 Å². The van der Waals surface area contributed by atoms with Crippen LogP contribution in [0.2, 0.25) is 0 Å². The minimum absolute atomic E-state index is 0.131. The molecule has 66 heavy (non-hydrogen) atoms. The fraction of sp³-hybridized carbons (Fsp3) is 0.521. The van der Waals surface area contributed by atoms with Crippen LogP contribution < -0.4 is 16.3 Å². The number of ether oxygens (including phenoxy) is 1. The zero-order chi connectivity index (χ0) is 46.0. The maximum atomic E-state index is 13.1. The number of hydrogen-bond donors (Lipinski definition) is 3. The minimum atomic E-state index is -4.27. The van der Waals surface area contributed by atoms with E-state index >= 15 is 0 Å². The number of piperidine rings is 1. The predicted octanol–water partition coefficient (Wildman–Crippen LogP) is 4.83. The molecule has 350 valence electrons. The van der Waals surface area contributed by atoms with Gasteiger partial charge in [-0.3, -0.25) is 38.7 Å². The van der Waals surface area contributed by atoms with Crippen molar-refractivity contribution in [2.75, 3.05) is 70.9 Å². The van der Waals surface area contributed by atoms with Gasteiger partial charge in [0.15, 0.2) is 0 Å². The lowest BCUT2D eigenvalue weighted by Gasteiger charge is -2.38. The van der Waals surface area contributed by atoms with Crippen molar-refractivity contribution >= 4 is 39.8 Å². The van der Waals surface area contributed by atoms with Crippen molar-refractivity contribution < 1.29 is 32.6 Å². The van der Waals surface area contributed by atoms with Gasteiger partial charge in [-0.05, 0) is 74.4 Å². The molecule has 2 atom stereocenters. The molecule has 6 heterocycles. The van der Waals surface area contributed by atoms with E-state index in [1.54, 1.807) is 19.3 Å². The zero-order valence-corrected chi connectivity index (χ0v) is 37.2. The van der Waals surface area contributed by atoms with Crippen molar-refractivity contribution in [2.24, 2.45) is 7.05 Å². The van der Waals surface area contributed by atoms with E-state index in [-0.39, 0.29) is 49.1 Å². The monoisotopic (exact) mass is 910 g/mol. The second-order valence-corrected chi connectivity index (χ2v) is 18.1. The van der Waals surface area contributed by atoms with Crippen molar-refractivity contribution in [1.82, 2.24) is 43.7 Å². The second kappa shape index (κ2) is 19.7. The number of carbonyl (C=O) groups excluding carboxylic acids is 2. The number of alkyl halides is 3. The fourth-order valence-corrected chi connectivity index (χ4v) is 10.0. The number of fused-ring (bicyclic) bond motifs is 2. The minimum Gasteiger partial charge on any atom is -0.393 e. The Balaban J connectivity index is 0.724. The number of imide groups is 1. The summed E-state index contributed by atoms with van der Waals surface area (Å²) in [4.78, 5) is 53.9. The van der Waals surface area contributed by atoms with Gasteiger partial charge < -0.3 is 19.7 Å². The van der Waals surface area contributed by atoms with Gasteiger partial charge in [0.05, 0.1) is 30.2 Å². The molecule has 1 saturated carbocycles. The summed E-state index contributed by atoms with van der Waals surface area (Å²) in [5.41, 5.74) is 5.65. The molecule has 5 aromatic rings. The van der Waals surface area contributed by atoms with Gasteiger partial charge >= 0.3 is 11.9 Å². The number of aromatic nitrogens is 5. The Morgan fingerprint density at radius 3 is 2.47 bits per heavy atom. The number of piperazine rings is 1. The third kappa shape index (κ3) is 10.3. The Morgan fingerprint density at radius 1 is 0.924 bits per heavy atom. The van der Waals surface area contributed by atoms with Crippen LogP contribution in [0.25, 0.3) is 33.2 Å². The average molecular weight is 911 g/mol. The van der Waals surface area contributed by atoms with Crippen molar-refractivity contribution in [3.05, 3.63) is 76.5 Å². The Labute approximate surface area is 380 Å². The molecule has 1 aliphatic carbocycles. The second-order valence-electron chi connectivity index (χ2n) is 18.1. The molecule has 0 spiro atoms. The molecule has 9 rings (SSSR count). The van der Waals surface area contributed by atoms with Gasteiger partial charge in [0, 0.05) is 107 Å². The van der Waals surface area contributed by atoms with Crippen LogP contribution >= 0.6 is 0 Å². The number of aliphatic hydroxyl groups excluding tert-OH is 1. The number of imidazole rings is 1. The number of aliphatic hydroxyl groups is 1. The quantitative estimate of drug-likeness (QED) is 0.0846. The molecular weight excluding hydrogens is 854 g/mol. The Morgan fingerprint density at radius 2 is 1.71 bits per heavy atom. The summed E-state index contributed by atoms with van der Waals surface area (Å²) in [7, 11) is 1.67. The van der Waals surface area contributed by atoms with Crippen molar-refractivity contribution in [3.63, 3.8) is 0 Å². The van der Waals surface area contributed by atoms with E-state index in [0.29, 0.717) is 48.8 Å². The highest BCUT2D eigenvalue weighted by molar-refractivity contribution is 6.00. The van der Waals surface area contributed by atoms with Crippen molar-refractivity contribution in [1.29, 1.82) is 0 Å². The summed E-state index contributed by atoms with van der Waals surface area (Å²) >= 11 is 0. The first-order valence-corrected chi connectivity index (χ1v) is 23.1. The van der Waals surface area contributed by atoms with E-state index in [1.165, 1.54) is 14.7 Å². The highest BCUT2D eigenvalue weighted by Gasteiger charge is 2.33. The van der Waals surface area contributed by atoms with Gasteiger partial charge in [-0.25, -0.2) is 9.78 Å². The summed E-state index contributed by atoms with van der Waals surface area (Å²) in [6, 6.07) is 14.0. The zero-order valence-electron chi connectivity index (χ0n) is 37.2. The highest BCUT2D eigenvalue weighted by atomic mass is 19.4. The number of rotatable bonds is 13. The van der Waals surface area contributed by atoms with Crippen LogP contribution in [0, 0.1) is 11.8 Å². The lowest BCUT2D eigenvalue weighted by Crippen LogP contribution is -2.50. The summed E-state index contributed by atoms with van der Waals surface area (Å²) in [5, 5.41) is 16.1. The van der Waals surface area contributed by atoms with Gasteiger partial charge in [-0.15, -0.1) is 0 Å². The first-order chi connectivity index (χ1) is 31.9. The molecule has 3 N–H and O–H groups in total. The van der Waals surface area contributed by atoms with E-state index in [1.807, 2.05) is 12.1 Å². The fourth-order valence-electron chi connectivity index (χ4n) is 10.0. The Hall–Kier alpha value is -5.58. The van der Waals surface area contributed by atoms with E-state index in [4.69, 9.17) is 9.72 Å². The van der Waals surface area contributed by atoms with E-state index in [0.717, 1.165) is 93.7 Å². The average Bonchev–Trinajstić information content (AvgIpc) is 4.00. The first-order valence-electron chi connectivity index (χ1n) is 23.1. The molecule has 3 aromatic heterocycles. The number of halogens is 3. The van der Waals surface area contributed by atoms with Crippen LogP contribution in [-0.4, -0.2) is 139 Å². The number of amides is 2. The van der Waals surface area contributed by atoms with Crippen LogP contribution in [-0.2, 0) is 27.9 Å². The number of hydrogen-bond acceptors (Lipinski definition) is 11. The molecule has 3 aliphatic heterocycles. The van der Waals surface area contributed by atoms with Gasteiger partial charge in [0.2, 0.25) is 17.8 Å².